The number of rotatable bonds is 10. The van der Waals surface area contributed by atoms with Gasteiger partial charge in [-0.1, -0.05) is 0 Å². The fourth-order valence-electron chi connectivity index (χ4n) is 3.95. The van der Waals surface area contributed by atoms with Crippen molar-refractivity contribution in [1.29, 1.82) is 0 Å². The molecule has 3 amide bonds. The maximum absolute atomic E-state index is 12.6. The Hall–Kier alpha value is -3.82. The summed E-state index contributed by atoms with van der Waals surface area (Å²) in [5, 5.41) is 17.9. The van der Waals surface area contributed by atoms with Crippen LogP contribution in [0.3, 0.4) is 0 Å². The standard InChI is InChI=1S/C24H29N3O7/c1-12-14(3)33-19-11-20-17(10-16(12)19)13(2)15(23(31)34-20)7-8-21(28)27-18(22(29)30)6-4-5-9-26-24(25)32/h10-11,18H,4-9H2,1-3H3,(H,27,28)(H,29,30)(H3,25,26,32)/p-1/t18-/m1/s1. The number of furan rings is 1. The number of unbranched alkanes of at least 4 members (excludes halogenated alkanes) is 1. The molecule has 10 nitrogen and oxygen atoms in total. The van der Waals surface area contributed by atoms with E-state index in [1.54, 1.807) is 13.0 Å². The number of carboxylic acid groups (broad SMARTS) is 1. The van der Waals surface area contributed by atoms with Crippen molar-refractivity contribution in [1.82, 2.24) is 10.6 Å². The maximum atomic E-state index is 12.6. The Bertz CT molecular complexity index is 1310. The summed E-state index contributed by atoms with van der Waals surface area (Å²) in [5.74, 6) is -1.12. The fourth-order valence-corrected chi connectivity index (χ4v) is 3.95. The van der Waals surface area contributed by atoms with Gasteiger partial charge in [-0.15, -0.1) is 0 Å². The van der Waals surface area contributed by atoms with Gasteiger partial charge in [0.1, 0.15) is 16.9 Å². The van der Waals surface area contributed by atoms with Crippen molar-refractivity contribution in [2.45, 2.75) is 58.9 Å². The van der Waals surface area contributed by atoms with Crippen LogP contribution in [-0.2, 0) is 16.0 Å². The summed E-state index contributed by atoms with van der Waals surface area (Å²) in [6.07, 6.45) is 1.10. The van der Waals surface area contributed by atoms with Crippen LogP contribution in [0.1, 0.15) is 48.1 Å². The molecule has 0 unspecified atom stereocenters. The van der Waals surface area contributed by atoms with E-state index in [1.807, 2.05) is 19.9 Å². The highest BCUT2D eigenvalue weighted by atomic mass is 16.4. The predicted octanol–water partition coefficient (Wildman–Crippen LogP) is 1.47. The number of fused-ring (bicyclic) bond motifs is 2. The maximum Gasteiger partial charge on any atom is 0.339 e. The predicted molar refractivity (Wildman–Crippen MR) is 123 cm³/mol. The van der Waals surface area contributed by atoms with Crippen LogP contribution in [0.5, 0.6) is 0 Å². The first kappa shape index (κ1) is 24.8. The van der Waals surface area contributed by atoms with Gasteiger partial charge in [-0.2, -0.15) is 0 Å². The lowest BCUT2D eigenvalue weighted by Gasteiger charge is -2.19. The van der Waals surface area contributed by atoms with E-state index >= 15 is 0 Å². The molecular weight excluding hydrogens is 442 g/mol. The molecule has 0 aliphatic heterocycles. The van der Waals surface area contributed by atoms with Crippen LogP contribution >= 0.6 is 0 Å². The number of primary amides is 1. The molecule has 0 saturated carbocycles. The van der Waals surface area contributed by atoms with Crippen LogP contribution in [0.4, 0.5) is 4.79 Å². The highest BCUT2D eigenvalue weighted by molar-refractivity contribution is 5.96. The number of carbonyl (C=O) groups excluding carboxylic acids is 3. The number of carbonyl (C=O) groups is 3. The summed E-state index contributed by atoms with van der Waals surface area (Å²) in [7, 11) is 0. The molecule has 0 aliphatic rings. The number of hydrogen-bond donors (Lipinski definition) is 3. The Morgan fingerprint density at radius 1 is 1.03 bits per heavy atom. The highest BCUT2D eigenvalue weighted by Crippen LogP contribution is 2.31. The van der Waals surface area contributed by atoms with Crippen LogP contribution in [0, 0.1) is 20.8 Å². The first-order chi connectivity index (χ1) is 16.1. The van der Waals surface area contributed by atoms with Crippen molar-refractivity contribution in [2.24, 2.45) is 5.73 Å². The first-order valence-corrected chi connectivity index (χ1v) is 11.1. The van der Waals surface area contributed by atoms with Crippen LogP contribution in [0.25, 0.3) is 21.9 Å². The van der Waals surface area contributed by atoms with Crippen molar-refractivity contribution in [2.75, 3.05) is 6.54 Å². The molecule has 0 aliphatic carbocycles. The number of benzene rings is 1. The van der Waals surface area contributed by atoms with Crippen LogP contribution in [-0.4, -0.2) is 30.5 Å². The van der Waals surface area contributed by atoms with Gasteiger partial charge >= 0.3 is 11.7 Å². The van der Waals surface area contributed by atoms with Crippen molar-refractivity contribution in [3.63, 3.8) is 0 Å². The molecule has 1 aromatic carbocycles. The average Bonchev–Trinajstić information content (AvgIpc) is 3.03. The fraction of sp³-hybridized carbons (Fsp3) is 0.417. The Kier molecular flexibility index (Phi) is 7.60. The number of aryl methyl sites for hydroxylation is 3. The lowest BCUT2D eigenvalue weighted by atomic mass is 10.00. The van der Waals surface area contributed by atoms with Gasteiger partial charge in [0, 0.05) is 35.4 Å². The minimum absolute atomic E-state index is 0.0871. The second kappa shape index (κ2) is 10.4. The highest BCUT2D eigenvalue weighted by Gasteiger charge is 2.18. The molecule has 2 heterocycles. The van der Waals surface area contributed by atoms with Gasteiger partial charge in [-0.05, 0) is 63.6 Å². The van der Waals surface area contributed by atoms with Gasteiger partial charge in [0.2, 0.25) is 5.91 Å². The van der Waals surface area contributed by atoms with Crippen LogP contribution in [0.15, 0.2) is 25.8 Å². The topological polar surface area (TPSA) is 168 Å². The molecule has 2 aromatic heterocycles. The second-order valence-electron chi connectivity index (χ2n) is 8.35. The lowest BCUT2D eigenvalue weighted by Crippen LogP contribution is -2.48. The third kappa shape index (κ3) is 5.56. The second-order valence-corrected chi connectivity index (χ2v) is 8.35. The molecule has 3 rings (SSSR count). The van der Waals surface area contributed by atoms with Gasteiger partial charge in [0.05, 0.1) is 12.0 Å². The Balaban J connectivity index is 1.68. The van der Waals surface area contributed by atoms with Crippen molar-refractivity contribution in [3.8, 4) is 0 Å². The van der Waals surface area contributed by atoms with Crippen molar-refractivity contribution in [3.05, 3.63) is 45.0 Å². The van der Waals surface area contributed by atoms with Gasteiger partial charge < -0.3 is 35.1 Å². The zero-order valence-corrected chi connectivity index (χ0v) is 19.4. The summed E-state index contributed by atoms with van der Waals surface area (Å²) < 4.78 is 11.2. The van der Waals surface area contributed by atoms with E-state index in [0.29, 0.717) is 41.7 Å². The summed E-state index contributed by atoms with van der Waals surface area (Å²) in [4.78, 5) is 47.0. The number of hydrogen-bond acceptors (Lipinski definition) is 7. The molecule has 3 aromatic rings. The zero-order chi connectivity index (χ0) is 25.0. The summed E-state index contributed by atoms with van der Waals surface area (Å²) in [6.45, 7) is 5.93. The van der Waals surface area contributed by atoms with E-state index in [1.165, 1.54) is 0 Å². The van der Waals surface area contributed by atoms with Gasteiger partial charge in [0.15, 0.2) is 0 Å². The Morgan fingerprint density at radius 3 is 2.38 bits per heavy atom. The smallest absolute Gasteiger partial charge is 0.339 e. The molecule has 34 heavy (non-hydrogen) atoms. The number of carboxylic acids is 1. The quantitative estimate of drug-likeness (QED) is 0.298. The van der Waals surface area contributed by atoms with Crippen molar-refractivity contribution >= 4 is 39.8 Å². The van der Waals surface area contributed by atoms with E-state index in [9.17, 15) is 24.3 Å². The molecule has 182 valence electrons. The number of amides is 3. The largest absolute Gasteiger partial charge is 0.548 e. The molecule has 1 atom stereocenters. The Morgan fingerprint density at radius 2 is 1.71 bits per heavy atom. The third-order valence-corrected chi connectivity index (χ3v) is 6.02. The molecular formula is C24H28N3O7-. The number of nitrogens with one attached hydrogen (secondary N) is 2. The first-order valence-electron chi connectivity index (χ1n) is 11.1. The molecule has 0 saturated heterocycles. The monoisotopic (exact) mass is 470 g/mol. The minimum Gasteiger partial charge on any atom is -0.548 e. The van der Waals surface area contributed by atoms with Gasteiger partial charge in [-0.3, -0.25) is 4.79 Å². The van der Waals surface area contributed by atoms with Crippen LogP contribution < -0.4 is 27.1 Å². The molecule has 0 radical (unpaired) electrons. The number of nitrogens with two attached hydrogens (primary N) is 1. The number of urea groups is 1. The van der Waals surface area contributed by atoms with E-state index in [0.717, 1.165) is 22.1 Å². The normalized spacial score (nSPS) is 12.1. The van der Waals surface area contributed by atoms with Crippen molar-refractivity contribution < 1.29 is 28.3 Å². The summed E-state index contributed by atoms with van der Waals surface area (Å²) >= 11 is 0. The van der Waals surface area contributed by atoms with E-state index in [4.69, 9.17) is 14.6 Å². The van der Waals surface area contributed by atoms with Gasteiger partial charge in [-0.25, -0.2) is 9.59 Å². The summed E-state index contributed by atoms with van der Waals surface area (Å²) in [5.41, 5.74) is 7.53. The number of aliphatic carboxylic acids is 1. The van der Waals surface area contributed by atoms with Gasteiger partial charge in [0.25, 0.3) is 0 Å². The third-order valence-electron chi connectivity index (χ3n) is 6.02. The SMILES string of the molecule is Cc1oc2cc3oc(=O)c(CCC(=O)N[C@H](CCCCNC(N)=O)C(=O)[O-])c(C)c3cc2c1C. The minimum atomic E-state index is -1.40. The van der Waals surface area contributed by atoms with Crippen LogP contribution in [0.2, 0.25) is 0 Å². The van der Waals surface area contributed by atoms with E-state index in [2.05, 4.69) is 10.6 Å². The lowest BCUT2D eigenvalue weighted by molar-refractivity contribution is -0.308. The van der Waals surface area contributed by atoms with E-state index in [-0.39, 0.29) is 19.3 Å². The molecule has 0 bridgehead atoms. The molecule has 0 spiro atoms. The Labute approximate surface area is 195 Å². The zero-order valence-electron chi connectivity index (χ0n) is 19.4. The molecule has 10 heteroatoms. The average molecular weight is 471 g/mol. The molecule has 4 N–H and O–H groups in total. The molecule has 0 fully saturated rings. The van der Waals surface area contributed by atoms with E-state index < -0.39 is 29.6 Å². The summed E-state index contributed by atoms with van der Waals surface area (Å²) in [6, 6.07) is 1.78.